The Morgan fingerprint density at radius 1 is 0.975 bits per heavy atom. The lowest BCUT2D eigenvalue weighted by Gasteiger charge is -2.36. The largest absolute Gasteiger partial charge is 0.446 e. The van der Waals surface area contributed by atoms with Gasteiger partial charge in [0.15, 0.2) is 0 Å². The molecule has 0 aromatic heterocycles. The summed E-state index contributed by atoms with van der Waals surface area (Å²) in [4.78, 5) is 19.6. The van der Waals surface area contributed by atoms with Crippen LogP contribution in [0.4, 0.5) is 24.5 Å². The number of carbonyl (C=O) groups excluding carboxylic acids is 1. The van der Waals surface area contributed by atoms with Crippen molar-refractivity contribution in [1.29, 1.82) is 0 Å². The molecule has 1 N–H and O–H groups in total. The van der Waals surface area contributed by atoms with Gasteiger partial charge in [-0.25, -0.2) is 0 Å². The third-order valence-electron chi connectivity index (χ3n) is 7.71. The minimum Gasteiger partial charge on any atom is -0.382 e. The molecule has 4 rings (SSSR count). The Morgan fingerprint density at radius 2 is 1.62 bits per heavy atom. The van der Waals surface area contributed by atoms with Gasteiger partial charge in [-0.05, 0) is 78.9 Å². The van der Waals surface area contributed by atoms with Crippen molar-refractivity contribution in [1.82, 2.24) is 9.80 Å². The van der Waals surface area contributed by atoms with Crippen molar-refractivity contribution in [3.63, 3.8) is 0 Å². The lowest BCUT2D eigenvalue weighted by molar-refractivity contribution is -0.132. The summed E-state index contributed by atoms with van der Waals surface area (Å²) in [6.07, 6.45) is 2.91. The second-order valence-corrected chi connectivity index (χ2v) is 13.2. The number of rotatable bonds is 8. The smallest absolute Gasteiger partial charge is 0.382 e. The van der Waals surface area contributed by atoms with Gasteiger partial charge in [-0.1, -0.05) is 44.5 Å². The number of alkyl halides is 3. The zero-order valence-electron chi connectivity index (χ0n) is 23.6. The maximum atomic E-state index is 12.8. The number of hydrogen-bond acceptors (Lipinski definition) is 5. The summed E-state index contributed by atoms with van der Waals surface area (Å²) in [5, 5.41) is 3.40. The molecule has 0 atom stereocenters. The number of piperazine rings is 1. The van der Waals surface area contributed by atoms with Crippen LogP contribution in [0, 0.1) is 0 Å². The molecular weight excluding hydrogens is 557 g/mol. The van der Waals surface area contributed by atoms with Crippen molar-refractivity contribution in [2.45, 2.75) is 68.3 Å². The van der Waals surface area contributed by atoms with Crippen LogP contribution in [0.1, 0.15) is 52.0 Å². The molecule has 2 aromatic carbocycles. The molecule has 0 unspecified atom stereocenters. The molecule has 0 bridgehead atoms. The van der Waals surface area contributed by atoms with Crippen LogP contribution in [0.15, 0.2) is 47.4 Å². The SMILES string of the molecule is CC(C)(C)c1ccc(N2CCN(CCCC(=O)N3CCC(Nc4ccc(Cl)c(SC(F)(F)F)c4)CC3)CC2)cc1. The zero-order chi connectivity index (χ0) is 28.9. The summed E-state index contributed by atoms with van der Waals surface area (Å²) in [7, 11) is 0. The number of nitrogens with zero attached hydrogens (tertiary/aromatic N) is 3. The van der Waals surface area contributed by atoms with E-state index in [2.05, 4.69) is 60.2 Å². The van der Waals surface area contributed by atoms with Crippen LogP contribution in [0.25, 0.3) is 0 Å². The number of hydrogen-bond donors (Lipinski definition) is 1. The van der Waals surface area contributed by atoms with E-state index in [0.29, 0.717) is 25.2 Å². The predicted molar refractivity (Wildman–Crippen MR) is 160 cm³/mol. The summed E-state index contributed by atoms with van der Waals surface area (Å²) < 4.78 is 38.4. The summed E-state index contributed by atoms with van der Waals surface area (Å²) in [5.74, 6) is 0.186. The van der Waals surface area contributed by atoms with Crippen molar-refractivity contribution in [3.05, 3.63) is 53.1 Å². The molecule has 2 heterocycles. The van der Waals surface area contributed by atoms with E-state index in [1.807, 2.05) is 4.90 Å². The first-order chi connectivity index (χ1) is 18.9. The van der Waals surface area contributed by atoms with Gasteiger partial charge < -0.3 is 15.1 Å². The summed E-state index contributed by atoms with van der Waals surface area (Å²) in [6.45, 7) is 12.9. The van der Waals surface area contributed by atoms with Crippen molar-refractivity contribution in [2.24, 2.45) is 0 Å². The van der Waals surface area contributed by atoms with E-state index in [-0.39, 0.29) is 39.0 Å². The highest BCUT2D eigenvalue weighted by Gasteiger charge is 2.31. The van der Waals surface area contributed by atoms with Gasteiger partial charge in [-0.3, -0.25) is 9.69 Å². The fourth-order valence-corrected chi connectivity index (χ4v) is 6.15. The standard InChI is InChI=1S/C30H40ClF3N4OS/c1-29(2,3)22-6-9-25(10-7-22)37-19-17-36(18-20-37)14-4-5-28(39)38-15-12-23(13-16-38)35-24-8-11-26(31)27(21-24)40-30(32,33)34/h6-11,21,23,35H,4-5,12-20H2,1-3H3. The molecule has 0 radical (unpaired) electrons. The van der Waals surface area contributed by atoms with Gasteiger partial charge in [-0.2, -0.15) is 13.2 Å². The Hall–Kier alpha value is -2.10. The number of nitrogens with one attached hydrogen (secondary N) is 1. The number of piperidine rings is 1. The van der Waals surface area contributed by atoms with E-state index < -0.39 is 5.51 Å². The van der Waals surface area contributed by atoms with Crippen molar-refractivity contribution in [2.75, 3.05) is 56.0 Å². The van der Waals surface area contributed by atoms with E-state index in [9.17, 15) is 18.0 Å². The number of carbonyl (C=O) groups is 1. The second-order valence-electron chi connectivity index (χ2n) is 11.7. The maximum absolute atomic E-state index is 12.8. The quantitative estimate of drug-likeness (QED) is 0.325. The Kier molecular flexibility index (Phi) is 10.2. The highest BCUT2D eigenvalue weighted by molar-refractivity contribution is 8.00. The van der Waals surface area contributed by atoms with Crippen LogP contribution in [-0.2, 0) is 10.2 Å². The Bertz CT molecular complexity index is 1120. The Labute approximate surface area is 245 Å². The number of thioether (sulfide) groups is 1. The molecule has 0 spiro atoms. The molecule has 10 heteroatoms. The van der Waals surface area contributed by atoms with Crippen molar-refractivity contribution < 1.29 is 18.0 Å². The van der Waals surface area contributed by atoms with Crippen LogP contribution in [0.5, 0.6) is 0 Å². The van der Waals surface area contributed by atoms with Crippen LogP contribution >= 0.6 is 23.4 Å². The fraction of sp³-hybridized carbons (Fsp3) is 0.567. The molecule has 2 saturated heterocycles. The number of anilines is 2. The lowest BCUT2D eigenvalue weighted by Crippen LogP contribution is -2.47. The van der Waals surface area contributed by atoms with Gasteiger partial charge in [0.25, 0.3) is 0 Å². The first-order valence-electron chi connectivity index (χ1n) is 14.0. The van der Waals surface area contributed by atoms with Crippen molar-refractivity contribution >= 4 is 40.6 Å². The van der Waals surface area contributed by atoms with E-state index >= 15 is 0 Å². The molecule has 1 amide bonds. The molecule has 2 aromatic rings. The fourth-order valence-electron chi connectivity index (χ4n) is 5.32. The molecule has 0 saturated carbocycles. The third-order valence-corrected chi connectivity index (χ3v) is 8.94. The number of halogens is 4. The van der Waals surface area contributed by atoms with Gasteiger partial charge in [0.2, 0.25) is 5.91 Å². The maximum Gasteiger partial charge on any atom is 0.446 e. The molecule has 2 aliphatic rings. The van der Waals surface area contributed by atoms with Crippen LogP contribution in [0.3, 0.4) is 0 Å². The van der Waals surface area contributed by atoms with Crippen LogP contribution in [-0.4, -0.2) is 73.1 Å². The minimum absolute atomic E-state index is 0.0112. The topological polar surface area (TPSA) is 38.8 Å². The number of likely N-dealkylation sites (tertiary alicyclic amines) is 1. The van der Waals surface area contributed by atoms with Crippen LogP contribution in [0.2, 0.25) is 5.02 Å². The monoisotopic (exact) mass is 596 g/mol. The summed E-state index contributed by atoms with van der Waals surface area (Å²) >= 11 is 5.74. The normalized spacial score (nSPS) is 17.8. The highest BCUT2D eigenvalue weighted by atomic mass is 35.5. The van der Waals surface area contributed by atoms with Crippen LogP contribution < -0.4 is 10.2 Å². The molecule has 2 fully saturated rings. The molecule has 220 valence electrons. The minimum atomic E-state index is -4.39. The zero-order valence-corrected chi connectivity index (χ0v) is 25.1. The highest BCUT2D eigenvalue weighted by Crippen LogP contribution is 2.41. The Balaban J connectivity index is 1.14. The number of amides is 1. The first kappa shape index (κ1) is 30.8. The van der Waals surface area contributed by atoms with Gasteiger partial charge in [-0.15, -0.1) is 0 Å². The molecule has 0 aliphatic carbocycles. The van der Waals surface area contributed by atoms with E-state index in [1.54, 1.807) is 6.07 Å². The van der Waals surface area contributed by atoms with Crippen molar-refractivity contribution in [3.8, 4) is 0 Å². The van der Waals surface area contributed by atoms with E-state index in [4.69, 9.17) is 11.6 Å². The average molecular weight is 597 g/mol. The molecule has 40 heavy (non-hydrogen) atoms. The molecule has 2 aliphatic heterocycles. The van der Waals surface area contributed by atoms with Gasteiger partial charge >= 0.3 is 5.51 Å². The average Bonchev–Trinajstić information content (AvgIpc) is 2.90. The summed E-state index contributed by atoms with van der Waals surface area (Å²) in [5.41, 5.74) is -0.994. The lowest BCUT2D eigenvalue weighted by atomic mass is 9.87. The van der Waals surface area contributed by atoms with Gasteiger partial charge in [0.05, 0.1) is 5.02 Å². The van der Waals surface area contributed by atoms with Gasteiger partial charge in [0.1, 0.15) is 0 Å². The van der Waals surface area contributed by atoms with E-state index in [1.165, 1.54) is 23.4 Å². The number of benzene rings is 2. The first-order valence-corrected chi connectivity index (χ1v) is 15.2. The Morgan fingerprint density at radius 3 is 2.23 bits per heavy atom. The second kappa shape index (κ2) is 13.3. The summed E-state index contributed by atoms with van der Waals surface area (Å²) in [6, 6.07) is 13.7. The molecular formula is C30H40ClF3N4OS. The predicted octanol–water partition coefficient (Wildman–Crippen LogP) is 7.25. The van der Waals surface area contributed by atoms with E-state index in [0.717, 1.165) is 52.0 Å². The molecule has 5 nitrogen and oxygen atoms in total. The van der Waals surface area contributed by atoms with Gasteiger partial charge in [0, 0.05) is 68.0 Å². The third kappa shape index (κ3) is 8.95.